The van der Waals surface area contributed by atoms with Gasteiger partial charge in [0.2, 0.25) is 5.91 Å². The highest BCUT2D eigenvalue weighted by Gasteiger charge is 2.14. The van der Waals surface area contributed by atoms with Crippen molar-refractivity contribution < 1.29 is 9.72 Å². The smallest absolute Gasteiger partial charge is 0.269 e. The van der Waals surface area contributed by atoms with Crippen LogP contribution in [0, 0.1) is 24.0 Å². The molecule has 0 bridgehead atoms. The van der Waals surface area contributed by atoms with E-state index >= 15 is 0 Å². The highest BCUT2D eigenvalue weighted by Crippen LogP contribution is 2.17. The molecule has 0 fully saturated rings. The number of non-ortho nitro benzene ring substituents is 1. The molecule has 2 aromatic heterocycles. The number of nitrogens with zero attached hydrogens (tertiary/aromatic N) is 3. The lowest BCUT2D eigenvalue weighted by Gasteiger charge is -2.11. The van der Waals surface area contributed by atoms with Gasteiger partial charge in [-0.3, -0.25) is 24.8 Å². The van der Waals surface area contributed by atoms with E-state index in [4.69, 9.17) is 0 Å². The van der Waals surface area contributed by atoms with Crippen LogP contribution in [0.2, 0.25) is 0 Å². The van der Waals surface area contributed by atoms with E-state index in [1.54, 1.807) is 18.4 Å². The average molecular weight is 341 g/mol. The molecule has 1 aromatic carbocycles. The Kier molecular flexibility index (Phi) is 4.05. The van der Waals surface area contributed by atoms with E-state index in [2.05, 4.69) is 15.4 Å². The predicted molar refractivity (Wildman–Crippen MR) is 90.7 cm³/mol. The van der Waals surface area contributed by atoms with Crippen LogP contribution in [0.15, 0.2) is 35.1 Å². The first-order valence-electron chi connectivity index (χ1n) is 7.47. The zero-order valence-corrected chi connectivity index (χ0v) is 13.6. The molecule has 0 aliphatic heterocycles. The van der Waals surface area contributed by atoms with Gasteiger partial charge in [-0.05, 0) is 26.0 Å². The summed E-state index contributed by atoms with van der Waals surface area (Å²) in [4.78, 5) is 38.2. The first-order valence-corrected chi connectivity index (χ1v) is 7.47. The van der Waals surface area contributed by atoms with Crippen LogP contribution in [-0.4, -0.2) is 25.4 Å². The number of aromatic nitrogens is 3. The number of fused-ring (bicyclic) bond motifs is 1. The number of nitro groups is 1. The fourth-order valence-electron chi connectivity index (χ4n) is 2.64. The van der Waals surface area contributed by atoms with E-state index in [1.807, 2.05) is 0 Å². The van der Waals surface area contributed by atoms with Crippen molar-refractivity contribution in [1.29, 1.82) is 0 Å². The van der Waals surface area contributed by atoms with E-state index in [9.17, 15) is 19.7 Å². The van der Waals surface area contributed by atoms with Gasteiger partial charge >= 0.3 is 0 Å². The van der Waals surface area contributed by atoms with Gasteiger partial charge in [-0.2, -0.15) is 0 Å². The minimum Gasteiger partial charge on any atom is -0.326 e. The molecule has 0 aliphatic carbocycles. The molecule has 25 heavy (non-hydrogen) atoms. The van der Waals surface area contributed by atoms with Gasteiger partial charge in [0.1, 0.15) is 0 Å². The summed E-state index contributed by atoms with van der Waals surface area (Å²) < 4.78 is 1.55. The van der Waals surface area contributed by atoms with Crippen LogP contribution in [-0.2, 0) is 11.2 Å². The number of H-pyrrole nitrogens is 1. The van der Waals surface area contributed by atoms with Crippen LogP contribution < -0.4 is 10.9 Å². The normalized spacial score (nSPS) is 10.8. The summed E-state index contributed by atoms with van der Waals surface area (Å²) in [7, 11) is 0. The minimum absolute atomic E-state index is 0.0455. The topological polar surface area (TPSA) is 122 Å². The van der Waals surface area contributed by atoms with Crippen molar-refractivity contribution in [2.45, 2.75) is 20.3 Å². The molecule has 1 amide bonds. The zero-order valence-electron chi connectivity index (χ0n) is 13.6. The van der Waals surface area contributed by atoms with Crippen molar-refractivity contribution >= 4 is 22.9 Å². The molecule has 0 unspecified atom stereocenters. The molecule has 3 rings (SSSR count). The van der Waals surface area contributed by atoms with Gasteiger partial charge in [0.05, 0.1) is 11.3 Å². The molecular formula is C16H15N5O4. The number of aryl methyl sites for hydroxylation is 2. The third kappa shape index (κ3) is 3.25. The summed E-state index contributed by atoms with van der Waals surface area (Å²) in [6.45, 7) is 3.57. The lowest BCUT2D eigenvalue weighted by Crippen LogP contribution is -2.17. The number of anilines is 1. The maximum Gasteiger partial charge on any atom is 0.269 e. The monoisotopic (exact) mass is 341 g/mol. The number of nitrogens with one attached hydrogen (secondary N) is 2. The van der Waals surface area contributed by atoms with Crippen LogP contribution in [0.1, 0.15) is 17.0 Å². The van der Waals surface area contributed by atoms with Crippen LogP contribution >= 0.6 is 0 Å². The van der Waals surface area contributed by atoms with Gasteiger partial charge < -0.3 is 5.32 Å². The fourth-order valence-corrected chi connectivity index (χ4v) is 2.64. The van der Waals surface area contributed by atoms with Crippen molar-refractivity contribution in [3.05, 3.63) is 67.8 Å². The average Bonchev–Trinajstić information content (AvgIpc) is 2.92. The number of hydrogen-bond donors (Lipinski definition) is 2. The predicted octanol–water partition coefficient (Wildman–Crippen LogP) is 1.73. The van der Waals surface area contributed by atoms with Gasteiger partial charge in [0, 0.05) is 40.8 Å². The number of rotatable bonds is 4. The maximum atomic E-state index is 12.3. The van der Waals surface area contributed by atoms with Gasteiger partial charge in [-0.15, -0.1) is 0 Å². The maximum absolute atomic E-state index is 12.3. The Bertz CT molecular complexity index is 1030. The lowest BCUT2D eigenvalue weighted by atomic mass is 10.1. The van der Waals surface area contributed by atoms with Gasteiger partial charge in [0.25, 0.3) is 11.2 Å². The number of hydrogen-bond acceptors (Lipinski definition) is 5. The Labute approximate surface area is 141 Å². The van der Waals surface area contributed by atoms with Gasteiger partial charge in [0.15, 0.2) is 5.65 Å². The molecule has 9 heteroatoms. The summed E-state index contributed by atoms with van der Waals surface area (Å²) >= 11 is 0. The summed E-state index contributed by atoms with van der Waals surface area (Å²) in [6, 6.07) is 6.98. The van der Waals surface area contributed by atoms with Gasteiger partial charge in [-0.25, -0.2) is 9.50 Å². The molecule has 2 N–H and O–H groups in total. The molecule has 0 spiro atoms. The van der Waals surface area contributed by atoms with Crippen molar-refractivity contribution in [3.8, 4) is 0 Å². The van der Waals surface area contributed by atoms with E-state index in [0.717, 1.165) is 5.69 Å². The molecule has 0 aliphatic rings. The second-order valence-electron chi connectivity index (χ2n) is 5.60. The Morgan fingerprint density at radius 3 is 2.64 bits per heavy atom. The van der Waals surface area contributed by atoms with Crippen molar-refractivity contribution in [2.24, 2.45) is 0 Å². The Morgan fingerprint density at radius 1 is 1.32 bits per heavy atom. The molecule has 9 nitrogen and oxygen atoms in total. The van der Waals surface area contributed by atoms with E-state index < -0.39 is 4.92 Å². The minimum atomic E-state index is -0.503. The highest BCUT2D eigenvalue weighted by atomic mass is 16.6. The second kappa shape index (κ2) is 6.19. The van der Waals surface area contributed by atoms with Crippen molar-refractivity contribution in [1.82, 2.24) is 14.6 Å². The van der Waals surface area contributed by atoms with E-state index in [1.165, 1.54) is 30.3 Å². The number of aromatic amines is 1. The number of amides is 1. The number of benzene rings is 1. The van der Waals surface area contributed by atoms with E-state index in [-0.39, 0.29) is 23.6 Å². The first-order chi connectivity index (χ1) is 11.8. The number of carbonyl (C=O) groups excluding carboxylic acids is 1. The lowest BCUT2D eigenvalue weighted by molar-refractivity contribution is -0.384. The van der Waals surface area contributed by atoms with Crippen molar-refractivity contribution in [2.75, 3.05) is 5.32 Å². The molecule has 3 aromatic rings. The number of carbonyl (C=O) groups is 1. The van der Waals surface area contributed by atoms with Crippen LogP contribution in [0.5, 0.6) is 0 Å². The fraction of sp³-hybridized carbons (Fsp3) is 0.188. The second-order valence-corrected chi connectivity index (χ2v) is 5.60. The molecule has 0 radical (unpaired) electrons. The van der Waals surface area contributed by atoms with Gasteiger partial charge in [-0.1, -0.05) is 0 Å². The molecule has 0 saturated carbocycles. The summed E-state index contributed by atoms with van der Waals surface area (Å²) in [5.41, 5.74) is 2.75. The highest BCUT2D eigenvalue weighted by molar-refractivity contribution is 5.92. The van der Waals surface area contributed by atoms with E-state index in [0.29, 0.717) is 22.6 Å². The van der Waals surface area contributed by atoms with Crippen LogP contribution in [0.4, 0.5) is 11.4 Å². The molecule has 0 saturated heterocycles. The summed E-state index contributed by atoms with van der Waals surface area (Å²) in [6.07, 6.45) is 0.0673. The first kappa shape index (κ1) is 16.4. The molecular weight excluding hydrogens is 326 g/mol. The Balaban J connectivity index is 1.82. The largest absolute Gasteiger partial charge is 0.326 e. The van der Waals surface area contributed by atoms with Crippen molar-refractivity contribution in [3.63, 3.8) is 0 Å². The van der Waals surface area contributed by atoms with Crippen LogP contribution in [0.3, 0.4) is 0 Å². The zero-order chi connectivity index (χ0) is 18.1. The SMILES string of the molecule is Cc1nc2cc(=O)[nH]n2c(C)c1CC(=O)Nc1ccc([N+](=O)[O-])cc1. The third-order valence-corrected chi connectivity index (χ3v) is 3.90. The molecule has 0 atom stereocenters. The Morgan fingerprint density at radius 2 is 2.00 bits per heavy atom. The third-order valence-electron chi connectivity index (χ3n) is 3.90. The summed E-state index contributed by atoms with van der Waals surface area (Å²) in [5.74, 6) is -0.282. The quantitative estimate of drug-likeness (QED) is 0.552. The molecule has 2 heterocycles. The summed E-state index contributed by atoms with van der Waals surface area (Å²) in [5, 5.41) is 16.0. The Hall–Kier alpha value is -3.49. The molecule has 128 valence electrons. The number of nitro benzene ring substituents is 1. The standard InChI is InChI=1S/C16H15N5O4/c1-9-13(10(2)20-14(17-9)8-16(23)19-20)7-15(22)18-11-3-5-12(6-4-11)21(24)25/h3-6,8H,7H2,1-2H3,(H,18,22)(H,19,23). The van der Waals surface area contributed by atoms with Crippen LogP contribution in [0.25, 0.3) is 5.65 Å².